The summed E-state index contributed by atoms with van der Waals surface area (Å²) in [6.45, 7) is 7.46. The van der Waals surface area contributed by atoms with Crippen LogP contribution in [0.3, 0.4) is 0 Å². The third-order valence-electron chi connectivity index (χ3n) is 3.27. The van der Waals surface area contributed by atoms with Crippen LogP contribution in [0.5, 0.6) is 0 Å². The van der Waals surface area contributed by atoms with Crippen molar-refractivity contribution in [2.24, 2.45) is 0 Å². The van der Waals surface area contributed by atoms with Gasteiger partial charge in [-0.3, -0.25) is 9.69 Å². The summed E-state index contributed by atoms with van der Waals surface area (Å²) in [6.07, 6.45) is 0.416. The number of aryl methyl sites for hydroxylation is 1. The molecule has 1 aliphatic heterocycles. The molecule has 1 N–H and O–H groups in total. The van der Waals surface area contributed by atoms with E-state index in [4.69, 9.17) is 0 Å². The summed E-state index contributed by atoms with van der Waals surface area (Å²) in [5.41, 5.74) is 0.793. The van der Waals surface area contributed by atoms with Gasteiger partial charge < -0.3 is 10.0 Å². The molecule has 0 aliphatic carbocycles. The number of amides is 1. The van der Waals surface area contributed by atoms with Crippen molar-refractivity contribution < 1.29 is 9.90 Å². The van der Waals surface area contributed by atoms with Crippen molar-refractivity contribution >= 4 is 17.4 Å². The van der Waals surface area contributed by atoms with E-state index in [-0.39, 0.29) is 12.0 Å². The SMILES string of the molecule is CCc1nnsc1C(=O)N1CCN(CC(C)O)CC1. The van der Waals surface area contributed by atoms with E-state index in [1.54, 1.807) is 6.92 Å². The molecule has 0 spiro atoms. The van der Waals surface area contributed by atoms with Crippen LogP contribution in [0.1, 0.15) is 29.2 Å². The Hall–Kier alpha value is -1.05. The van der Waals surface area contributed by atoms with Crippen LogP contribution >= 0.6 is 11.5 Å². The van der Waals surface area contributed by atoms with Gasteiger partial charge in [0.2, 0.25) is 0 Å². The highest BCUT2D eigenvalue weighted by Crippen LogP contribution is 2.15. The normalized spacial score (nSPS) is 18.6. The monoisotopic (exact) mass is 284 g/mol. The Balaban J connectivity index is 1.92. The highest BCUT2D eigenvalue weighted by atomic mass is 32.1. The van der Waals surface area contributed by atoms with Crippen LogP contribution in [-0.4, -0.2) is 69.2 Å². The zero-order valence-electron chi connectivity index (χ0n) is 11.4. The molecular formula is C12H20N4O2S. The molecule has 7 heteroatoms. The van der Waals surface area contributed by atoms with Crippen molar-refractivity contribution in [3.05, 3.63) is 10.6 Å². The first kappa shape index (κ1) is 14.4. The molecule has 106 valence electrons. The van der Waals surface area contributed by atoms with Gasteiger partial charge in [0, 0.05) is 32.7 Å². The minimum absolute atomic E-state index is 0.0450. The fourth-order valence-electron chi connectivity index (χ4n) is 2.25. The van der Waals surface area contributed by atoms with Gasteiger partial charge in [-0.1, -0.05) is 11.4 Å². The number of hydrogen-bond acceptors (Lipinski definition) is 6. The maximum absolute atomic E-state index is 12.4. The molecule has 1 aliphatic rings. The summed E-state index contributed by atoms with van der Waals surface area (Å²) in [5.74, 6) is 0.0450. The summed E-state index contributed by atoms with van der Waals surface area (Å²) in [7, 11) is 0. The molecule has 0 bridgehead atoms. The van der Waals surface area contributed by atoms with Gasteiger partial charge >= 0.3 is 0 Å². The Morgan fingerprint density at radius 1 is 1.42 bits per heavy atom. The quantitative estimate of drug-likeness (QED) is 0.857. The maximum atomic E-state index is 12.4. The summed E-state index contributed by atoms with van der Waals surface area (Å²) in [5, 5.41) is 13.3. The van der Waals surface area contributed by atoms with E-state index < -0.39 is 0 Å². The molecule has 0 radical (unpaired) electrons. The molecule has 1 unspecified atom stereocenters. The van der Waals surface area contributed by atoms with Gasteiger partial charge in [-0.15, -0.1) is 5.10 Å². The number of nitrogens with zero attached hydrogens (tertiary/aromatic N) is 4. The summed E-state index contributed by atoms with van der Waals surface area (Å²) in [4.78, 5) is 17.1. The van der Waals surface area contributed by atoms with E-state index in [1.165, 1.54) is 11.5 Å². The van der Waals surface area contributed by atoms with E-state index >= 15 is 0 Å². The second-order valence-corrected chi connectivity index (χ2v) is 5.60. The van der Waals surface area contributed by atoms with Gasteiger partial charge in [0.15, 0.2) is 0 Å². The topological polar surface area (TPSA) is 69.6 Å². The molecule has 1 saturated heterocycles. The van der Waals surface area contributed by atoms with Gasteiger partial charge in [0.1, 0.15) is 4.88 Å². The van der Waals surface area contributed by atoms with Gasteiger partial charge in [0.05, 0.1) is 11.8 Å². The lowest BCUT2D eigenvalue weighted by Gasteiger charge is -2.35. The minimum Gasteiger partial charge on any atom is -0.392 e. The van der Waals surface area contributed by atoms with Crippen molar-refractivity contribution in [2.75, 3.05) is 32.7 Å². The number of piperazine rings is 1. The summed E-state index contributed by atoms with van der Waals surface area (Å²) in [6, 6.07) is 0. The van der Waals surface area contributed by atoms with Crippen LogP contribution in [-0.2, 0) is 6.42 Å². The first-order valence-corrected chi connectivity index (χ1v) is 7.40. The van der Waals surface area contributed by atoms with Crippen LogP contribution in [0.4, 0.5) is 0 Å². The zero-order chi connectivity index (χ0) is 13.8. The average molecular weight is 284 g/mol. The van der Waals surface area contributed by atoms with Gasteiger partial charge in [0.25, 0.3) is 5.91 Å². The molecule has 0 saturated carbocycles. The van der Waals surface area contributed by atoms with Crippen molar-refractivity contribution in [1.82, 2.24) is 19.4 Å². The number of aliphatic hydroxyl groups excluding tert-OH is 1. The fraction of sp³-hybridized carbons (Fsp3) is 0.750. The lowest BCUT2D eigenvalue weighted by Crippen LogP contribution is -2.50. The highest BCUT2D eigenvalue weighted by Gasteiger charge is 2.25. The second kappa shape index (κ2) is 6.40. The molecule has 19 heavy (non-hydrogen) atoms. The van der Waals surface area contributed by atoms with E-state index in [2.05, 4.69) is 14.5 Å². The van der Waals surface area contributed by atoms with Gasteiger partial charge in [-0.05, 0) is 24.9 Å². The maximum Gasteiger partial charge on any atom is 0.267 e. The molecule has 1 aromatic heterocycles. The Morgan fingerprint density at radius 2 is 2.11 bits per heavy atom. The number of hydrogen-bond donors (Lipinski definition) is 1. The second-order valence-electron chi connectivity index (χ2n) is 4.84. The summed E-state index contributed by atoms with van der Waals surface area (Å²) < 4.78 is 3.86. The first-order chi connectivity index (χ1) is 9.11. The largest absolute Gasteiger partial charge is 0.392 e. The van der Waals surface area contributed by atoms with Gasteiger partial charge in [-0.2, -0.15) is 0 Å². The van der Waals surface area contributed by atoms with Crippen molar-refractivity contribution in [2.45, 2.75) is 26.4 Å². The fourth-order valence-corrected chi connectivity index (χ4v) is 2.97. The van der Waals surface area contributed by atoms with Crippen molar-refractivity contribution in [3.63, 3.8) is 0 Å². The van der Waals surface area contributed by atoms with Crippen LogP contribution in [0, 0.1) is 0 Å². The lowest BCUT2D eigenvalue weighted by molar-refractivity contribution is 0.0557. The van der Waals surface area contributed by atoms with Gasteiger partial charge in [-0.25, -0.2) is 0 Å². The average Bonchev–Trinajstić information content (AvgIpc) is 2.86. The Morgan fingerprint density at radius 3 is 2.68 bits per heavy atom. The number of carbonyl (C=O) groups excluding carboxylic acids is 1. The number of β-amino-alcohol motifs (C(OH)–C–C–N with tert-alkyl or cyclic N) is 1. The highest BCUT2D eigenvalue weighted by molar-refractivity contribution is 7.08. The molecule has 1 amide bonds. The third kappa shape index (κ3) is 3.49. The molecule has 0 aromatic carbocycles. The molecule has 2 rings (SSSR count). The molecule has 1 aromatic rings. The standard InChI is InChI=1S/C12H20N4O2S/c1-3-10-11(19-14-13-10)12(18)16-6-4-15(5-7-16)8-9(2)17/h9,17H,3-8H2,1-2H3. The lowest BCUT2D eigenvalue weighted by atomic mass is 10.2. The number of aliphatic hydroxyl groups is 1. The van der Waals surface area contributed by atoms with E-state index in [0.717, 1.165) is 25.2 Å². The minimum atomic E-state index is -0.320. The molecule has 1 fully saturated rings. The Kier molecular flexibility index (Phi) is 4.84. The number of aromatic nitrogens is 2. The van der Waals surface area contributed by atoms with E-state index in [1.807, 2.05) is 11.8 Å². The molecular weight excluding hydrogens is 264 g/mol. The smallest absolute Gasteiger partial charge is 0.267 e. The Bertz CT molecular complexity index is 427. The van der Waals surface area contributed by atoms with Crippen LogP contribution < -0.4 is 0 Å². The van der Waals surface area contributed by atoms with E-state index in [9.17, 15) is 9.90 Å². The number of rotatable bonds is 4. The van der Waals surface area contributed by atoms with Crippen molar-refractivity contribution in [1.29, 1.82) is 0 Å². The third-order valence-corrected chi connectivity index (χ3v) is 4.02. The first-order valence-electron chi connectivity index (χ1n) is 6.62. The molecule has 6 nitrogen and oxygen atoms in total. The predicted octanol–water partition coefficient (Wildman–Crippen LogP) is 0.239. The number of carbonyl (C=O) groups is 1. The summed E-state index contributed by atoms with van der Waals surface area (Å²) >= 11 is 1.18. The van der Waals surface area contributed by atoms with Crippen LogP contribution in [0.25, 0.3) is 0 Å². The Labute approximate surface area is 117 Å². The molecule has 2 heterocycles. The zero-order valence-corrected chi connectivity index (χ0v) is 12.2. The van der Waals surface area contributed by atoms with Crippen LogP contribution in [0.15, 0.2) is 0 Å². The van der Waals surface area contributed by atoms with Crippen LogP contribution in [0.2, 0.25) is 0 Å². The predicted molar refractivity (Wildman–Crippen MR) is 73.3 cm³/mol. The van der Waals surface area contributed by atoms with E-state index in [0.29, 0.717) is 24.5 Å². The van der Waals surface area contributed by atoms with Crippen molar-refractivity contribution in [3.8, 4) is 0 Å². The molecule has 1 atom stereocenters.